The van der Waals surface area contributed by atoms with Gasteiger partial charge in [-0.05, 0) is 12.1 Å². The van der Waals surface area contributed by atoms with Crippen molar-refractivity contribution in [3.63, 3.8) is 0 Å². The summed E-state index contributed by atoms with van der Waals surface area (Å²) in [5, 5.41) is 10.6. The monoisotopic (exact) mass is 505 g/mol. The number of rotatable bonds is 26. The Morgan fingerprint density at radius 3 is 1.17 bits per heavy atom. The molecule has 0 spiro atoms. The Bertz CT molecular complexity index is 604. The lowest BCUT2D eigenvalue weighted by Gasteiger charge is -2.09. The summed E-state index contributed by atoms with van der Waals surface area (Å²) in [4.78, 5) is 10.1. The zero-order chi connectivity index (χ0) is 25.2. The smallest absolute Gasteiger partial charge is 0.269 e. The van der Waals surface area contributed by atoms with Crippen molar-refractivity contribution >= 4 is 5.69 Å². The van der Waals surface area contributed by atoms with Crippen LogP contribution >= 0.6 is 0 Å². The molecule has 0 aliphatic carbocycles. The van der Waals surface area contributed by atoms with Crippen LogP contribution in [-0.4, -0.2) is 118 Å². The zero-order valence-corrected chi connectivity index (χ0v) is 20.6. The first-order valence-corrected chi connectivity index (χ1v) is 11.6. The highest BCUT2D eigenvalue weighted by molar-refractivity contribution is 5.35. The Kier molecular flexibility index (Phi) is 21.2. The summed E-state index contributed by atoms with van der Waals surface area (Å²) in [5.41, 5.74) is 0.0293. The summed E-state index contributed by atoms with van der Waals surface area (Å²) in [6.45, 7) is 7.91. The standard InChI is InChI=1S/C23H39NO11/c1-27-6-7-28-8-9-29-10-11-30-12-13-31-14-15-32-16-17-33-18-19-34-20-21-35-23-4-2-22(3-5-23)24(25)26/h2-5H,6-21H2,1H3. The number of nitrogens with zero attached hydrogens (tertiary/aromatic N) is 1. The van der Waals surface area contributed by atoms with Crippen LogP contribution in [0.2, 0.25) is 0 Å². The van der Waals surface area contributed by atoms with E-state index >= 15 is 0 Å². The van der Waals surface area contributed by atoms with Gasteiger partial charge in [0, 0.05) is 19.2 Å². The van der Waals surface area contributed by atoms with Crippen LogP contribution in [-0.2, 0) is 37.9 Å². The summed E-state index contributed by atoms with van der Waals surface area (Å²) in [6, 6.07) is 5.91. The molecule has 35 heavy (non-hydrogen) atoms. The van der Waals surface area contributed by atoms with Gasteiger partial charge in [0.1, 0.15) is 12.4 Å². The number of hydrogen-bond donors (Lipinski definition) is 0. The quantitative estimate of drug-likeness (QED) is 0.104. The highest BCUT2D eigenvalue weighted by Gasteiger charge is 2.04. The number of non-ortho nitro benzene ring substituents is 1. The third-order valence-electron chi connectivity index (χ3n) is 4.21. The molecule has 0 N–H and O–H groups in total. The Morgan fingerprint density at radius 2 is 0.857 bits per heavy atom. The van der Waals surface area contributed by atoms with Gasteiger partial charge in [0.2, 0.25) is 0 Å². The molecule has 12 heteroatoms. The van der Waals surface area contributed by atoms with Gasteiger partial charge in [-0.1, -0.05) is 0 Å². The fourth-order valence-electron chi connectivity index (χ4n) is 2.45. The zero-order valence-electron chi connectivity index (χ0n) is 20.6. The Morgan fingerprint density at radius 1 is 0.543 bits per heavy atom. The summed E-state index contributed by atoms with van der Waals surface area (Å²) in [7, 11) is 1.64. The minimum atomic E-state index is -0.451. The molecule has 0 aromatic heterocycles. The molecule has 0 heterocycles. The first kappa shape index (κ1) is 31.1. The van der Waals surface area contributed by atoms with Gasteiger partial charge in [0.25, 0.3) is 5.69 Å². The maximum atomic E-state index is 10.6. The van der Waals surface area contributed by atoms with Gasteiger partial charge in [-0.3, -0.25) is 10.1 Å². The number of nitro groups is 1. The molecule has 0 amide bonds. The predicted molar refractivity (Wildman–Crippen MR) is 126 cm³/mol. The molecule has 0 atom stereocenters. The molecular formula is C23H39NO11. The van der Waals surface area contributed by atoms with Crippen LogP contribution < -0.4 is 4.74 Å². The molecule has 1 aromatic carbocycles. The molecule has 0 bridgehead atoms. The lowest BCUT2D eigenvalue weighted by molar-refractivity contribution is -0.384. The van der Waals surface area contributed by atoms with Crippen LogP contribution in [0, 0.1) is 10.1 Å². The van der Waals surface area contributed by atoms with Crippen molar-refractivity contribution in [2.75, 3.05) is 113 Å². The van der Waals surface area contributed by atoms with Gasteiger partial charge in [0.15, 0.2) is 0 Å². The molecule has 202 valence electrons. The van der Waals surface area contributed by atoms with E-state index in [1.807, 2.05) is 0 Å². The normalized spacial score (nSPS) is 11.1. The second-order valence-electron chi connectivity index (χ2n) is 6.88. The number of hydrogen-bond acceptors (Lipinski definition) is 11. The number of ether oxygens (including phenoxy) is 9. The minimum Gasteiger partial charge on any atom is -0.491 e. The molecule has 1 aromatic rings. The van der Waals surface area contributed by atoms with Crippen molar-refractivity contribution in [2.24, 2.45) is 0 Å². The molecular weight excluding hydrogens is 466 g/mol. The van der Waals surface area contributed by atoms with E-state index in [2.05, 4.69) is 0 Å². The van der Waals surface area contributed by atoms with Crippen molar-refractivity contribution in [3.8, 4) is 5.75 Å². The lowest BCUT2D eigenvalue weighted by atomic mass is 10.3. The molecule has 12 nitrogen and oxygen atoms in total. The first-order valence-electron chi connectivity index (χ1n) is 11.6. The van der Waals surface area contributed by atoms with E-state index in [1.54, 1.807) is 19.2 Å². The maximum Gasteiger partial charge on any atom is 0.269 e. The van der Waals surface area contributed by atoms with E-state index < -0.39 is 4.92 Å². The van der Waals surface area contributed by atoms with E-state index in [0.717, 1.165) is 0 Å². The SMILES string of the molecule is COCCOCCOCCOCCOCCOCCOCCOCCOc1ccc([N+](=O)[O-])cc1. The molecule has 0 aliphatic rings. The highest BCUT2D eigenvalue weighted by Crippen LogP contribution is 2.16. The third kappa shape index (κ3) is 20.0. The van der Waals surface area contributed by atoms with E-state index in [9.17, 15) is 10.1 Å². The maximum absolute atomic E-state index is 10.6. The largest absolute Gasteiger partial charge is 0.491 e. The summed E-state index contributed by atoms with van der Waals surface area (Å²) in [6.07, 6.45) is 0. The van der Waals surface area contributed by atoms with Gasteiger partial charge in [-0.2, -0.15) is 0 Å². The van der Waals surface area contributed by atoms with Crippen LogP contribution in [0.25, 0.3) is 0 Å². The number of benzene rings is 1. The van der Waals surface area contributed by atoms with Crippen molar-refractivity contribution in [1.82, 2.24) is 0 Å². The van der Waals surface area contributed by atoms with Gasteiger partial charge in [-0.15, -0.1) is 0 Å². The van der Waals surface area contributed by atoms with Crippen LogP contribution in [0.5, 0.6) is 5.75 Å². The van der Waals surface area contributed by atoms with E-state index in [4.69, 9.17) is 42.6 Å². The summed E-state index contributed by atoms with van der Waals surface area (Å²) < 4.78 is 48.0. The van der Waals surface area contributed by atoms with Crippen molar-refractivity contribution < 1.29 is 47.6 Å². The van der Waals surface area contributed by atoms with Gasteiger partial charge < -0.3 is 42.6 Å². The van der Waals surface area contributed by atoms with Crippen molar-refractivity contribution in [2.45, 2.75) is 0 Å². The van der Waals surface area contributed by atoms with Crippen LogP contribution in [0.4, 0.5) is 5.69 Å². The molecule has 0 saturated heterocycles. The summed E-state index contributed by atoms with van der Waals surface area (Å²) >= 11 is 0. The van der Waals surface area contributed by atoms with Gasteiger partial charge in [0.05, 0.1) is 104 Å². The number of methoxy groups -OCH3 is 1. The lowest BCUT2D eigenvalue weighted by Crippen LogP contribution is -2.15. The van der Waals surface area contributed by atoms with Crippen molar-refractivity contribution in [3.05, 3.63) is 34.4 Å². The molecule has 1 rings (SSSR count). The van der Waals surface area contributed by atoms with Crippen LogP contribution in [0.15, 0.2) is 24.3 Å². The molecule has 0 radical (unpaired) electrons. The highest BCUT2D eigenvalue weighted by atomic mass is 16.6. The second-order valence-corrected chi connectivity index (χ2v) is 6.88. The molecule has 0 saturated carbocycles. The van der Waals surface area contributed by atoms with E-state index in [-0.39, 0.29) is 5.69 Å². The Hall–Kier alpha value is -1.90. The minimum absolute atomic E-state index is 0.0293. The predicted octanol–water partition coefficient (Wildman–Crippen LogP) is 1.74. The molecule has 0 unspecified atom stereocenters. The van der Waals surface area contributed by atoms with Gasteiger partial charge in [-0.25, -0.2) is 0 Å². The average Bonchev–Trinajstić information content (AvgIpc) is 2.87. The molecule has 0 fully saturated rings. The first-order chi connectivity index (χ1) is 17.2. The van der Waals surface area contributed by atoms with Crippen LogP contribution in [0.3, 0.4) is 0 Å². The van der Waals surface area contributed by atoms with E-state index in [0.29, 0.717) is 111 Å². The Balaban J connectivity index is 1.71. The third-order valence-corrected chi connectivity index (χ3v) is 4.21. The molecule has 0 aliphatic heterocycles. The average molecular weight is 506 g/mol. The topological polar surface area (TPSA) is 126 Å². The van der Waals surface area contributed by atoms with Gasteiger partial charge >= 0.3 is 0 Å². The second kappa shape index (κ2) is 23.8. The van der Waals surface area contributed by atoms with Crippen molar-refractivity contribution in [1.29, 1.82) is 0 Å². The van der Waals surface area contributed by atoms with Crippen LogP contribution in [0.1, 0.15) is 0 Å². The Labute approximate surface area is 206 Å². The van der Waals surface area contributed by atoms with E-state index in [1.165, 1.54) is 12.1 Å². The fraction of sp³-hybridized carbons (Fsp3) is 0.739. The fourth-order valence-corrected chi connectivity index (χ4v) is 2.45. The summed E-state index contributed by atoms with van der Waals surface area (Å²) in [5.74, 6) is 0.560. The number of nitro benzene ring substituents is 1.